The number of carbonyl (C=O) groups excluding carboxylic acids is 1. The summed E-state index contributed by atoms with van der Waals surface area (Å²) in [4.78, 5) is 25.0. The normalized spacial score (nSPS) is 14.4. The highest BCUT2D eigenvalue weighted by Gasteiger charge is 2.29. The molecule has 0 radical (unpaired) electrons. The quantitative estimate of drug-likeness (QED) is 0.506. The number of hydrogen-bond acceptors (Lipinski definition) is 4. The van der Waals surface area contributed by atoms with Gasteiger partial charge in [-0.25, -0.2) is 5.84 Å². The number of hydrogen-bond donors (Lipinski definition) is 2. The lowest BCUT2D eigenvalue weighted by atomic mass is 10.2. The largest absolute Gasteiger partial charge is 0.304 e. The molecule has 1 fully saturated rings. The Kier molecular flexibility index (Phi) is 2.96. The maximum absolute atomic E-state index is 12.4. The zero-order valence-corrected chi connectivity index (χ0v) is 10.9. The number of nitrogens with one attached hydrogen (secondary N) is 1. The van der Waals surface area contributed by atoms with E-state index in [-0.39, 0.29) is 17.2 Å². The van der Waals surface area contributed by atoms with Crippen molar-refractivity contribution in [3.05, 3.63) is 45.6 Å². The first-order valence-corrected chi connectivity index (χ1v) is 6.90. The lowest BCUT2D eigenvalue weighted by Crippen LogP contribution is -2.36. The number of aromatic nitrogens is 1. The second-order valence-electron chi connectivity index (χ2n) is 4.49. The third kappa shape index (κ3) is 2.09. The van der Waals surface area contributed by atoms with Crippen molar-refractivity contribution in [2.24, 2.45) is 5.84 Å². The Morgan fingerprint density at radius 2 is 2.16 bits per heavy atom. The van der Waals surface area contributed by atoms with E-state index in [1.165, 1.54) is 0 Å². The number of nitrogens with zero attached hydrogens (tertiary/aromatic N) is 1. The fraction of sp³-hybridized carbons (Fsp3) is 0.231. The second-order valence-corrected chi connectivity index (χ2v) is 5.44. The second kappa shape index (κ2) is 4.64. The van der Waals surface area contributed by atoms with E-state index in [2.05, 4.69) is 0 Å². The predicted molar refractivity (Wildman–Crippen MR) is 73.9 cm³/mol. The molecule has 0 spiro atoms. The first-order chi connectivity index (χ1) is 9.22. The van der Waals surface area contributed by atoms with Crippen molar-refractivity contribution < 1.29 is 4.79 Å². The Morgan fingerprint density at radius 1 is 1.37 bits per heavy atom. The maximum Gasteiger partial charge on any atom is 0.270 e. The van der Waals surface area contributed by atoms with Crippen LogP contribution in [0.5, 0.6) is 0 Å². The van der Waals surface area contributed by atoms with Crippen molar-refractivity contribution in [1.29, 1.82) is 0 Å². The van der Waals surface area contributed by atoms with Crippen LogP contribution in [0.2, 0.25) is 0 Å². The summed E-state index contributed by atoms with van der Waals surface area (Å²) in [5, 5.41) is 1.97. The van der Waals surface area contributed by atoms with Gasteiger partial charge in [-0.05, 0) is 36.4 Å². The Morgan fingerprint density at radius 3 is 2.74 bits per heavy atom. The first-order valence-electron chi connectivity index (χ1n) is 6.02. The topological polar surface area (TPSA) is 77.1 Å². The number of carbonyl (C=O) groups is 1. The SMILES string of the molecule is NNC(=O)c1ccc(-c2cccs2)n(C2CC2)c1=O. The van der Waals surface area contributed by atoms with E-state index in [4.69, 9.17) is 5.84 Å². The van der Waals surface area contributed by atoms with Gasteiger partial charge in [-0.1, -0.05) is 6.07 Å². The van der Waals surface area contributed by atoms with Crippen LogP contribution in [0.3, 0.4) is 0 Å². The third-order valence-electron chi connectivity index (χ3n) is 3.18. The summed E-state index contributed by atoms with van der Waals surface area (Å²) in [6, 6.07) is 7.48. The average molecular weight is 275 g/mol. The van der Waals surface area contributed by atoms with Gasteiger partial charge in [-0.2, -0.15) is 0 Å². The minimum absolute atomic E-state index is 0.0923. The Labute approximate surface area is 113 Å². The summed E-state index contributed by atoms with van der Waals surface area (Å²) in [6.07, 6.45) is 1.96. The van der Waals surface area contributed by atoms with Crippen LogP contribution in [0.4, 0.5) is 0 Å². The van der Waals surface area contributed by atoms with Crippen LogP contribution < -0.4 is 16.8 Å². The van der Waals surface area contributed by atoms with Crippen LogP contribution in [0, 0.1) is 0 Å². The van der Waals surface area contributed by atoms with Crippen molar-refractivity contribution in [2.45, 2.75) is 18.9 Å². The van der Waals surface area contributed by atoms with E-state index >= 15 is 0 Å². The van der Waals surface area contributed by atoms with E-state index in [0.717, 1.165) is 23.4 Å². The maximum atomic E-state index is 12.4. The minimum Gasteiger partial charge on any atom is -0.304 e. The van der Waals surface area contributed by atoms with E-state index in [1.807, 2.05) is 29.0 Å². The average Bonchev–Trinajstić information content (AvgIpc) is 3.11. The van der Waals surface area contributed by atoms with E-state index in [0.29, 0.717) is 0 Å². The summed E-state index contributed by atoms with van der Waals surface area (Å²) in [7, 11) is 0. The van der Waals surface area contributed by atoms with E-state index in [1.54, 1.807) is 22.0 Å². The number of nitrogens with two attached hydrogens (primary N) is 1. The molecule has 5 nitrogen and oxygen atoms in total. The van der Waals surface area contributed by atoms with Crippen molar-refractivity contribution in [2.75, 3.05) is 0 Å². The molecule has 2 aromatic rings. The fourth-order valence-corrected chi connectivity index (χ4v) is 2.87. The van der Waals surface area contributed by atoms with Crippen LogP contribution in [0.15, 0.2) is 34.4 Å². The molecular weight excluding hydrogens is 262 g/mol. The smallest absolute Gasteiger partial charge is 0.270 e. The molecule has 3 rings (SSSR count). The van der Waals surface area contributed by atoms with Gasteiger partial charge >= 0.3 is 0 Å². The molecular formula is C13H13N3O2S. The Hall–Kier alpha value is -1.92. The molecule has 0 atom stereocenters. The number of hydrazine groups is 1. The van der Waals surface area contributed by atoms with Crippen LogP contribution >= 0.6 is 11.3 Å². The molecule has 98 valence electrons. The molecule has 0 unspecified atom stereocenters. The zero-order valence-electron chi connectivity index (χ0n) is 10.1. The molecule has 0 aliphatic heterocycles. The van der Waals surface area contributed by atoms with Gasteiger partial charge in [0.15, 0.2) is 0 Å². The Balaban J connectivity index is 2.20. The standard InChI is InChI=1S/C13H13N3O2S/c14-15-12(17)9-5-6-10(11-2-1-7-19-11)16(13(9)18)8-3-4-8/h1-2,5-8H,3-4,14H2,(H,15,17). The molecule has 0 aromatic carbocycles. The lowest BCUT2D eigenvalue weighted by molar-refractivity contribution is 0.0951. The number of pyridine rings is 1. The predicted octanol–water partition coefficient (Wildman–Crippen LogP) is 1.52. The molecule has 1 aliphatic carbocycles. The first kappa shape index (κ1) is 12.1. The summed E-state index contributed by atoms with van der Waals surface area (Å²) >= 11 is 1.58. The van der Waals surface area contributed by atoms with Gasteiger partial charge in [0.05, 0.1) is 10.6 Å². The van der Waals surface area contributed by atoms with Crippen molar-refractivity contribution >= 4 is 17.2 Å². The molecule has 1 aliphatic rings. The van der Waals surface area contributed by atoms with Gasteiger partial charge in [0.25, 0.3) is 11.5 Å². The third-order valence-corrected chi connectivity index (χ3v) is 4.07. The van der Waals surface area contributed by atoms with Crippen molar-refractivity contribution in [3.8, 4) is 10.6 Å². The lowest BCUT2D eigenvalue weighted by Gasteiger charge is -2.12. The number of rotatable bonds is 3. The summed E-state index contributed by atoms with van der Waals surface area (Å²) in [5.74, 6) is 4.56. The van der Waals surface area contributed by atoms with Gasteiger partial charge in [0.1, 0.15) is 5.56 Å². The highest BCUT2D eigenvalue weighted by molar-refractivity contribution is 7.13. The number of nitrogen functional groups attached to an aromatic ring is 1. The molecule has 1 amide bonds. The number of amides is 1. The molecule has 0 bridgehead atoms. The molecule has 19 heavy (non-hydrogen) atoms. The van der Waals surface area contributed by atoms with Gasteiger partial charge in [-0.3, -0.25) is 15.0 Å². The van der Waals surface area contributed by atoms with Crippen LogP contribution in [-0.4, -0.2) is 10.5 Å². The van der Waals surface area contributed by atoms with Crippen LogP contribution in [0.1, 0.15) is 29.2 Å². The van der Waals surface area contributed by atoms with Gasteiger partial charge in [0.2, 0.25) is 0 Å². The molecule has 2 heterocycles. The summed E-state index contributed by atoms with van der Waals surface area (Å²) in [5.41, 5.74) is 2.71. The molecule has 0 saturated heterocycles. The highest BCUT2D eigenvalue weighted by Crippen LogP contribution is 2.38. The molecule has 3 N–H and O–H groups in total. The monoisotopic (exact) mass is 275 g/mol. The van der Waals surface area contributed by atoms with Crippen LogP contribution in [0.25, 0.3) is 10.6 Å². The van der Waals surface area contributed by atoms with Gasteiger partial charge in [-0.15, -0.1) is 11.3 Å². The number of thiophene rings is 1. The van der Waals surface area contributed by atoms with Gasteiger partial charge in [0, 0.05) is 6.04 Å². The molecule has 2 aromatic heterocycles. The van der Waals surface area contributed by atoms with Crippen molar-refractivity contribution in [1.82, 2.24) is 9.99 Å². The van der Waals surface area contributed by atoms with Gasteiger partial charge < -0.3 is 4.57 Å². The Bertz CT molecular complexity index is 672. The van der Waals surface area contributed by atoms with E-state index < -0.39 is 5.91 Å². The minimum atomic E-state index is -0.544. The molecule has 6 heteroatoms. The van der Waals surface area contributed by atoms with Crippen molar-refractivity contribution in [3.63, 3.8) is 0 Å². The van der Waals surface area contributed by atoms with Crippen LogP contribution in [-0.2, 0) is 0 Å². The summed E-state index contributed by atoms with van der Waals surface area (Å²) < 4.78 is 1.72. The van der Waals surface area contributed by atoms with E-state index in [9.17, 15) is 9.59 Å². The highest BCUT2D eigenvalue weighted by atomic mass is 32.1. The summed E-state index contributed by atoms with van der Waals surface area (Å²) in [6.45, 7) is 0. The zero-order chi connectivity index (χ0) is 13.4. The fourth-order valence-electron chi connectivity index (χ4n) is 2.12. The molecule has 1 saturated carbocycles.